The van der Waals surface area contributed by atoms with Gasteiger partial charge in [-0.25, -0.2) is 0 Å². The van der Waals surface area contributed by atoms with Gasteiger partial charge in [0.15, 0.2) is 0 Å². The largest absolute Gasteiger partial charge is 0.488 e. The minimum absolute atomic E-state index is 0.0322. The summed E-state index contributed by atoms with van der Waals surface area (Å²) < 4.78 is 5.68. The van der Waals surface area contributed by atoms with Crippen LogP contribution in [0.2, 0.25) is 0 Å². The number of hydrogen-bond donors (Lipinski definition) is 5. The third-order valence-electron chi connectivity index (χ3n) is 4.83. The summed E-state index contributed by atoms with van der Waals surface area (Å²) in [7, 11) is 1.55. The van der Waals surface area contributed by atoms with Crippen molar-refractivity contribution < 1.29 is 14.6 Å². The van der Waals surface area contributed by atoms with Crippen LogP contribution in [0.4, 0.5) is 5.69 Å². The second-order valence-corrected chi connectivity index (χ2v) is 7.34. The zero-order valence-electron chi connectivity index (χ0n) is 15.8. The van der Waals surface area contributed by atoms with Gasteiger partial charge in [-0.3, -0.25) is 9.79 Å². The highest BCUT2D eigenvalue weighted by atomic mass is 32.1. The van der Waals surface area contributed by atoms with Crippen LogP contribution in [0.5, 0.6) is 5.75 Å². The molecule has 6 N–H and O–H groups in total. The summed E-state index contributed by atoms with van der Waals surface area (Å²) in [6, 6.07) is 5.08. The summed E-state index contributed by atoms with van der Waals surface area (Å²) in [6.45, 7) is 2.00. The molecule has 0 unspecified atom stereocenters. The second kappa shape index (κ2) is 9.14. The summed E-state index contributed by atoms with van der Waals surface area (Å²) in [4.78, 5) is 17.6. The Morgan fingerprint density at radius 2 is 2.15 bits per heavy atom. The maximum Gasteiger partial charge on any atom is 0.270 e. The molecule has 0 radical (unpaired) electrons. The molecule has 8 heteroatoms. The lowest BCUT2D eigenvalue weighted by Gasteiger charge is -2.42. The van der Waals surface area contributed by atoms with Crippen LogP contribution in [-0.4, -0.2) is 42.5 Å². The van der Waals surface area contributed by atoms with E-state index in [1.807, 2.05) is 0 Å². The van der Waals surface area contributed by atoms with Gasteiger partial charge in [0.05, 0.1) is 0 Å². The average molecular weight is 393 g/mol. The highest BCUT2D eigenvalue weighted by Gasteiger charge is 2.38. The molecule has 1 amide bonds. The lowest BCUT2D eigenvalue weighted by atomic mass is 9.74. The van der Waals surface area contributed by atoms with E-state index in [0.717, 1.165) is 19.3 Å². The Balaban J connectivity index is 2.19. The van der Waals surface area contributed by atoms with Crippen LogP contribution in [0.3, 0.4) is 0 Å². The number of thiol groups is 1. The number of hydrogen-bond acceptors (Lipinski definition) is 7. The number of carbonyl (C=O) groups is 1. The van der Waals surface area contributed by atoms with E-state index < -0.39 is 0 Å². The summed E-state index contributed by atoms with van der Waals surface area (Å²) >= 11 is 4.27. The van der Waals surface area contributed by atoms with Crippen molar-refractivity contribution in [2.45, 2.75) is 38.1 Å². The van der Waals surface area contributed by atoms with Gasteiger partial charge in [-0.05, 0) is 50.8 Å². The van der Waals surface area contributed by atoms with Crippen LogP contribution in [0.15, 0.2) is 33.8 Å². The molecule has 2 rings (SSSR count). The lowest BCUT2D eigenvalue weighted by molar-refractivity contribution is -0.117. The van der Waals surface area contributed by atoms with Crippen molar-refractivity contribution in [3.63, 3.8) is 0 Å². The molecule has 1 aliphatic carbocycles. The first-order valence-corrected chi connectivity index (χ1v) is 9.33. The van der Waals surface area contributed by atoms with Crippen molar-refractivity contribution in [1.29, 1.82) is 0 Å². The van der Waals surface area contributed by atoms with Gasteiger partial charge < -0.3 is 26.6 Å². The van der Waals surface area contributed by atoms with Crippen molar-refractivity contribution in [1.82, 2.24) is 5.32 Å². The summed E-state index contributed by atoms with van der Waals surface area (Å²) in [5.41, 5.74) is 13.2. The molecule has 0 aliphatic heterocycles. The topological polar surface area (TPSA) is 123 Å². The molecule has 1 saturated carbocycles. The number of nitrogen functional groups attached to an aromatic ring is 1. The van der Waals surface area contributed by atoms with Gasteiger partial charge in [0.25, 0.3) is 5.91 Å². The zero-order chi connectivity index (χ0) is 20.0. The number of amides is 1. The maximum absolute atomic E-state index is 12.8. The molecule has 1 aliphatic rings. The van der Waals surface area contributed by atoms with E-state index >= 15 is 0 Å². The number of aliphatic hydroxyl groups excluding tert-OH is 1. The van der Waals surface area contributed by atoms with Crippen molar-refractivity contribution in [2.24, 2.45) is 10.7 Å². The van der Waals surface area contributed by atoms with Crippen LogP contribution in [0.1, 0.15) is 38.2 Å². The van der Waals surface area contributed by atoms with E-state index in [0.29, 0.717) is 34.0 Å². The number of anilines is 1. The molecule has 27 heavy (non-hydrogen) atoms. The van der Waals surface area contributed by atoms with Gasteiger partial charge in [0.2, 0.25) is 0 Å². The van der Waals surface area contributed by atoms with Gasteiger partial charge in [0.1, 0.15) is 18.1 Å². The Labute approximate surface area is 165 Å². The number of carbonyl (C=O) groups excluding carboxylic acids is 1. The highest BCUT2D eigenvalue weighted by Crippen LogP contribution is 2.35. The second-order valence-electron chi connectivity index (χ2n) is 6.80. The fraction of sp³-hybridized carbons (Fsp3) is 0.474. The van der Waals surface area contributed by atoms with Crippen LogP contribution in [0.25, 0.3) is 0 Å². The molecule has 1 aromatic rings. The Morgan fingerprint density at radius 1 is 1.44 bits per heavy atom. The number of nitrogens with two attached hydrogens (primary N) is 2. The molecule has 0 aromatic heterocycles. The van der Waals surface area contributed by atoms with E-state index in [9.17, 15) is 9.90 Å². The van der Waals surface area contributed by atoms with E-state index in [4.69, 9.17) is 16.2 Å². The van der Waals surface area contributed by atoms with Gasteiger partial charge in [-0.15, -0.1) is 12.6 Å². The molecule has 0 atom stereocenters. The number of ether oxygens (including phenoxy) is 1. The Hall–Kier alpha value is -2.19. The minimum Gasteiger partial charge on any atom is -0.488 e. The van der Waals surface area contributed by atoms with Crippen LogP contribution < -0.4 is 21.5 Å². The minimum atomic E-state index is -0.352. The average Bonchev–Trinajstić information content (AvgIpc) is 2.60. The number of allylic oxidation sites excluding steroid dienone is 1. The number of rotatable bonds is 8. The molecular weight excluding hydrogens is 364 g/mol. The van der Waals surface area contributed by atoms with Gasteiger partial charge in [0, 0.05) is 41.0 Å². The third-order valence-corrected chi connectivity index (χ3v) is 5.31. The first-order chi connectivity index (χ1) is 12.8. The SMILES string of the molecule is CN=C(C(=O)NC1(CCO)CCC1)c1cc(OC/C(S)=C(\C)N)ccc1N. The van der Waals surface area contributed by atoms with Crippen LogP contribution in [0, 0.1) is 0 Å². The molecule has 1 aromatic carbocycles. The van der Waals surface area contributed by atoms with E-state index in [1.54, 1.807) is 32.2 Å². The molecule has 0 saturated heterocycles. The fourth-order valence-corrected chi connectivity index (χ4v) is 3.06. The monoisotopic (exact) mass is 392 g/mol. The molecule has 148 valence electrons. The first-order valence-electron chi connectivity index (χ1n) is 8.89. The van der Waals surface area contributed by atoms with Crippen molar-refractivity contribution in [3.8, 4) is 5.75 Å². The van der Waals surface area contributed by atoms with Crippen LogP contribution >= 0.6 is 12.6 Å². The van der Waals surface area contributed by atoms with Crippen molar-refractivity contribution >= 4 is 29.9 Å². The summed E-state index contributed by atoms with van der Waals surface area (Å²) in [5.74, 6) is 0.233. The zero-order valence-corrected chi connectivity index (χ0v) is 16.7. The predicted octanol–water partition coefficient (Wildman–Crippen LogP) is 1.61. The van der Waals surface area contributed by atoms with E-state index in [2.05, 4.69) is 22.9 Å². The van der Waals surface area contributed by atoms with Crippen LogP contribution in [-0.2, 0) is 4.79 Å². The van der Waals surface area contributed by atoms with Gasteiger partial charge in [-0.1, -0.05) is 0 Å². The standard InChI is InChI=1S/C19H28N4O3S/c1-12(20)16(27)11-26-13-4-5-15(21)14(10-13)17(22-2)18(25)23-19(8-9-24)6-3-7-19/h4-5,10,24,27H,3,6-9,11,20-21H2,1-2H3,(H,23,25)/b16-12-,22-17?. The Bertz CT molecular complexity index is 753. The molecule has 0 spiro atoms. The Morgan fingerprint density at radius 3 is 2.67 bits per heavy atom. The molecular formula is C19H28N4O3S. The van der Waals surface area contributed by atoms with Crippen molar-refractivity contribution in [2.75, 3.05) is 26.0 Å². The smallest absolute Gasteiger partial charge is 0.270 e. The molecule has 7 nitrogen and oxygen atoms in total. The summed E-state index contributed by atoms with van der Waals surface area (Å²) in [6.07, 6.45) is 3.27. The molecule has 0 heterocycles. The summed E-state index contributed by atoms with van der Waals surface area (Å²) in [5, 5.41) is 12.3. The maximum atomic E-state index is 12.8. The normalized spacial score (nSPS) is 17.0. The third kappa shape index (κ3) is 5.17. The number of aliphatic imine (C=N–C) groups is 1. The van der Waals surface area contributed by atoms with Gasteiger partial charge >= 0.3 is 0 Å². The lowest BCUT2D eigenvalue weighted by Crippen LogP contribution is -2.55. The number of nitrogens with one attached hydrogen (secondary N) is 1. The molecule has 0 bridgehead atoms. The molecule has 1 fully saturated rings. The van der Waals surface area contributed by atoms with E-state index in [-0.39, 0.29) is 30.4 Å². The quantitative estimate of drug-likeness (QED) is 0.261. The fourth-order valence-electron chi connectivity index (χ4n) is 3.00. The highest BCUT2D eigenvalue weighted by molar-refractivity contribution is 7.84. The number of nitrogens with zero attached hydrogens (tertiary/aromatic N) is 1. The first kappa shape index (κ1) is 21.1. The Kier molecular flexibility index (Phi) is 7.15. The number of benzene rings is 1. The van der Waals surface area contributed by atoms with Gasteiger partial charge in [-0.2, -0.15) is 0 Å². The van der Waals surface area contributed by atoms with Crippen molar-refractivity contribution in [3.05, 3.63) is 34.4 Å². The van der Waals surface area contributed by atoms with E-state index in [1.165, 1.54) is 0 Å². The number of aliphatic hydroxyl groups is 1. The predicted molar refractivity (Wildman–Crippen MR) is 111 cm³/mol.